The second-order valence-electron chi connectivity index (χ2n) is 4.68. The molecule has 22 heavy (non-hydrogen) atoms. The first-order valence-electron chi connectivity index (χ1n) is 6.21. The molecule has 126 valence electrons. The zero-order chi connectivity index (χ0) is 17.0. The quantitative estimate of drug-likeness (QED) is 0.741. The second-order valence-corrected chi connectivity index (χ2v) is 7.26. The molecule has 10 heteroatoms. The fourth-order valence-electron chi connectivity index (χ4n) is 1.67. The van der Waals surface area contributed by atoms with Crippen LogP contribution in [-0.4, -0.2) is 46.2 Å². The van der Waals surface area contributed by atoms with Gasteiger partial charge in [-0.15, -0.1) is 0 Å². The van der Waals surface area contributed by atoms with Crippen LogP contribution in [0.2, 0.25) is 10.0 Å². The van der Waals surface area contributed by atoms with Crippen LogP contribution in [0.15, 0.2) is 23.1 Å². The van der Waals surface area contributed by atoms with Crippen LogP contribution in [0.1, 0.15) is 6.42 Å². The molecule has 0 unspecified atom stereocenters. The van der Waals surface area contributed by atoms with Crippen molar-refractivity contribution in [2.75, 3.05) is 26.7 Å². The number of halogens is 5. The second kappa shape index (κ2) is 7.83. The molecule has 1 rings (SSSR count). The van der Waals surface area contributed by atoms with Gasteiger partial charge in [-0.25, -0.2) is 13.1 Å². The first kappa shape index (κ1) is 19.5. The highest BCUT2D eigenvalue weighted by Crippen LogP contribution is 2.24. The zero-order valence-corrected chi connectivity index (χ0v) is 14.0. The molecule has 0 spiro atoms. The SMILES string of the molecule is CN(CCCNS(=O)(=O)c1ccc(Cl)c(Cl)c1)CC(F)(F)F. The fourth-order valence-corrected chi connectivity index (χ4v) is 3.13. The zero-order valence-electron chi connectivity index (χ0n) is 11.6. The number of hydrogen-bond donors (Lipinski definition) is 1. The Hall–Kier alpha value is -0.540. The van der Waals surface area contributed by atoms with E-state index in [0.29, 0.717) is 0 Å². The smallest absolute Gasteiger partial charge is 0.298 e. The summed E-state index contributed by atoms with van der Waals surface area (Å²) in [6, 6.07) is 3.86. The summed E-state index contributed by atoms with van der Waals surface area (Å²) in [5, 5.41) is 0.337. The van der Waals surface area contributed by atoms with Crippen LogP contribution in [0.5, 0.6) is 0 Å². The molecule has 0 aliphatic rings. The monoisotopic (exact) mass is 378 g/mol. The minimum Gasteiger partial charge on any atom is -0.298 e. The van der Waals surface area contributed by atoms with Crippen LogP contribution < -0.4 is 4.72 Å². The van der Waals surface area contributed by atoms with Crippen molar-refractivity contribution in [3.63, 3.8) is 0 Å². The van der Waals surface area contributed by atoms with Gasteiger partial charge in [-0.1, -0.05) is 23.2 Å². The van der Waals surface area contributed by atoms with Crippen molar-refractivity contribution in [2.24, 2.45) is 0 Å². The van der Waals surface area contributed by atoms with Crippen molar-refractivity contribution in [1.29, 1.82) is 0 Å². The van der Waals surface area contributed by atoms with Gasteiger partial charge in [0, 0.05) is 6.54 Å². The minimum atomic E-state index is -4.27. The number of sulfonamides is 1. The van der Waals surface area contributed by atoms with Gasteiger partial charge in [0.2, 0.25) is 10.0 Å². The van der Waals surface area contributed by atoms with Crippen LogP contribution >= 0.6 is 23.2 Å². The fraction of sp³-hybridized carbons (Fsp3) is 0.500. The molecule has 1 aromatic carbocycles. The summed E-state index contributed by atoms with van der Waals surface area (Å²) in [5.74, 6) is 0. The topological polar surface area (TPSA) is 49.4 Å². The van der Waals surface area contributed by atoms with Crippen molar-refractivity contribution < 1.29 is 21.6 Å². The lowest BCUT2D eigenvalue weighted by atomic mass is 10.4. The Morgan fingerprint density at radius 1 is 1.23 bits per heavy atom. The maximum absolute atomic E-state index is 12.1. The van der Waals surface area contributed by atoms with E-state index in [4.69, 9.17) is 23.2 Å². The van der Waals surface area contributed by atoms with Gasteiger partial charge in [0.1, 0.15) is 0 Å². The number of rotatable bonds is 7. The predicted octanol–water partition coefficient (Wildman–Crippen LogP) is 3.16. The third-order valence-corrected chi connectivity index (χ3v) is 4.86. The van der Waals surface area contributed by atoms with Crippen LogP contribution in [0.3, 0.4) is 0 Å². The van der Waals surface area contributed by atoms with E-state index in [0.717, 1.165) is 4.90 Å². The maximum Gasteiger partial charge on any atom is 0.401 e. The van der Waals surface area contributed by atoms with Gasteiger partial charge in [0.05, 0.1) is 21.5 Å². The predicted molar refractivity (Wildman–Crippen MR) is 79.8 cm³/mol. The van der Waals surface area contributed by atoms with Crippen molar-refractivity contribution >= 4 is 33.2 Å². The molecule has 0 heterocycles. The number of alkyl halides is 3. The molecule has 1 N–H and O–H groups in total. The van der Waals surface area contributed by atoms with Crippen LogP contribution in [0.4, 0.5) is 13.2 Å². The molecule has 0 aliphatic heterocycles. The van der Waals surface area contributed by atoms with Crippen LogP contribution in [0.25, 0.3) is 0 Å². The van der Waals surface area contributed by atoms with Crippen LogP contribution in [-0.2, 0) is 10.0 Å². The molecule has 0 bridgehead atoms. The van der Waals surface area contributed by atoms with E-state index in [1.54, 1.807) is 0 Å². The van der Waals surface area contributed by atoms with E-state index in [1.807, 2.05) is 0 Å². The molecule has 1 aromatic rings. The average Bonchev–Trinajstić information content (AvgIpc) is 2.36. The summed E-state index contributed by atoms with van der Waals surface area (Å²) in [4.78, 5) is 1.03. The van der Waals surface area contributed by atoms with Crippen molar-refractivity contribution in [1.82, 2.24) is 9.62 Å². The van der Waals surface area contributed by atoms with Crippen LogP contribution in [0, 0.1) is 0 Å². The maximum atomic E-state index is 12.1. The Morgan fingerprint density at radius 3 is 2.41 bits per heavy atom. The van der Waals surface area contributed by atoms with Gasteiger partial charge in [0.25, 0.3) is 0 Å². The van der Waals surface area contributed by atoms with E-state index in [9.17, 15) is 21.6 Å². The Bertz CT molecular complexity index is 609. The number of nitrogens with one attached hydrogen (secondary N) is 1. The standard InChI is InChI=1S/C12H15Cl2F3N2O2S/c1-19(8-12(15,16)17)6-2-5-18-22(20,21)9-3-4-10(13)11(14)7-9/h3-4,7,18H,2,5-6,8H2,1H3. The Labute approximate surface area is 137 Å². The van der Waals surface area contributed by atoms with Crippen molar-refractivity contribution in [3.8, 4) is 0 Å². The lowest BCUT2D eigenvalue weighted by Gasteiger charge is -2.18. The third kappa shape index (κ3) is 6.70. The summed E-state index contributed by atoms with van der Waals surface area (Å²) in [6.07, 6.45) is -4.03. The Balaban J connectivity index is 2.48. The normalized spacial score (nSPS) is 12.9. The lowest BCUT2D eigenvalue weighted by Crippen LogP contribution is -2.33. The molecular weight excluding hydrogens is 364 g/mol. The third-order valence-electron chi connectivity index (χ3n) is 2.66. The molecule has 0 saturated heterocycles. The van der Waals surface area contributed by atoms with Gasteiger partial charge >= 0.3 is 6.18 Å². The van der Waals surface area contributed by atoms with Gasteiger partial charge in [0.15, 0.2) is 0 Å². The highest BCUT2D eigenvalue weighted by molar-refractivity contribution is 7.89. The minimum absolute atomic E-state index is 0.0186. The number of nitrogens with zero attached hydrogens (tertiary/aromatic N) is 1. The average molecular weight is 379 g/mol. The molecular formula is C12H15Cl2F3N2O2S. The molecule has 0 aliphatic carbocycles. The summed E-state index contributed by atoms with van der Waals surface area (Å²) in [5.41, 5.74) is 0. The first-order chi connectivity index (χ1) is 10.0. The van der Waals surface area contributed by atoms with Gasteiger partial charge < -0.3 is 0 Å². The van der Waals surface area contributed by atoms with Crippen molar-refractivity contribution in [2.45, 2.75) is 17.5 Å². The molecule has 0 atom stereocenters. The highest BCUT2D eigenvalue weighted by Gasteiger charge is 2.28. The van der Waals surface area contributed by atoms with E-state index < -0.39 is 22.7 Å². The molecule has 0 amide bonds. The van der Waals surface area contributed by atoms with Crippen molar-refractivity contribution in [3.05, 3.63) is 28.2 Å². The molecule has 0 radical (unpaired) electrons. The van der Waals surface area contributed by atoms with Gasteiger partial charge in [-0.05, 0) is 38.2 Å². The largest absolute Gasteiger partial charge is 0.401 e. The summed E-state index contributed by atoms with van der Waals surface area (Å²) in [7, 11) is -2.45. The number of benzene rings is 1. The number of hydrogen-bond acceptors (Lipinski definition) is 3. The molecule has 4 nitrogen and oxygen atoms in total. The van der Waals surface area contributed by atoms with E-state index >= 15 is 0 Å². The summed E-state index contributed by atoms with van der Waals surface area (Å²) >= 11 is 11.4. The first-order valence-corrected chi connectivity index (χ1v) is 8.45. The van der Waals surface area contributed by atoms with Gasteiger partial charge in [-0.3, -0.25) is 4.90 Å². The Morgan fingerprint density at radius 2 is 1.86 bits per heavy atom. The Kier molecular flexibility index (Phi) is 6.94. The van der Waals surface area contributed by atoms with E-state index in [1.165, 1.54) is 25.2 Å². The summed E-state index contributed by atoms with van der Waals surface area (Å²) in [6.45, 7) is -0.902. The highest BCUT2D eigenvalue weighted by atomic mass is 35.5. The summed E-state index contributed by atoms with van der Waals surface area (Å²) < 4.78 is 62.6. The molecule has 0 saturated carbocycles. The van der Waals surface area contributed by atoms with Gasteiger partial charge in [-0.2, -0.15) is 13.2 Å². The molecule has 0 aromatic heterocycles. The van der Waals surface area contributed by atoms with E-state index in [-0.39, 0.29) is 34.5 Å². The lowest BCUT2D eigenvalue weighted by molar-refractivity contribution is -0.143. The molecule has 0 fully saturated rings. The van der Waals surface area contributed by atoms with E-state index in [2.05, 4.69) is 4.72 Å².